The molecule has 0 heterocycles. The van der Waals surface area contributed by atoms with Crippen molar-refractivity contribution in [3.63, 3.8) is 0 Å². The van der Waals surface area contributed by atoms with Crippen molar-refractivity contribution in [1.82, 2.24) is 0 Å². The first kappa shape index (κ1) is 11.4. The van der Waals surface area contributed by atoms with Gasteiger partial charge in [-0.1, -0.05) is 41.4 Å². The molecule has 0 fully saturated rings. The smallest absolute Gasteiger partial charge is 0.108 e. The Morgan fingerprint density at radius 2 is 1.62 bits per heavy atom. The summed E-state index contributed by atoms with van der Waals surface area (Å²) in [6.45, 7) is 3.32. The summed E-state index contributed by atoms with van der Waals surface area (Å²) in [7, 11) is 0. The predicted molar refractivity (Wildman–Crippen MR) is 42.0 cm³/mol. The highest BCUT2D eigenvalue weighted by Crippen LogP contribution is 2.11. The van der Waals surface area contributed by atoms with Crippen LogP contribution in [0.5, 0.6) is 0 Å². The van der Waals surface area contributed by atoms with E-state index in [9.17, 15) is 0 Å². The lowest BCUT2D eigenvalue weighted by Crippen LogP contribution is -1.53. The van der Waals surface area contributed by atoms with Crippen LogP contribution in [0.2, 0.25) is 0 Å². The highest BCUT2D eigenvalue weighted by molar-refractivity contribution is 6.56. The molecule has 0 rings (SSSR count). The maximum Gasteiger partial charge on any atom is 0.108 e. The number of hydrogen-bond acceptors (Lipinski definition) is 0. The van der Waals surface area contributed by atoms with Gasteiger partial charge < -0.3 is 0 Å². The Balaban J connectivity index is 0. The topological polar surface area (TPSA) is 0 Å². The SMILES string of the molecule is C=C(Cl)C=C(Cl)Cl.Cl. The van der Waals surface area contributed by atoms with Crippen molar-refractivity contribution in [3.8, 4) is 0 Å². The van der Waals surface area contributed by atoms with Gasteiger partial charge in [0.25, 0.3) is 0 Å². The summed E-state index contributed by atoms with van der Waals surface area (Å²) in [6, 6.07) is 0. The van der Waals surface area contributed by atoms with E-state index in [1.54, 1.807) is 0 Å². The molecular weight excluding hydrogens is 190 g/mol. The Labute approximate surface area is 69.5 Å². The van der Waals surface area contributed by atoms with Crippen LogP contribution in [-0.4, -0.2) is 0 Å². The van der Waals surface area contributed by atoms with E-state index in [1.165, 1.54) is 6.08 Å². The minimum Gasteiger partial charge on any atom is -0.147 e. The summed E-state index contributed by atoms with van der Waals surface area (Å²) in [4.78, 5) is 0. The zero-order chi connectivity index (χ0) is 5.86. The molecule has 0 aliphatic rings. The molecule has 4 heteroatoms. The number of allylic oxidation sites excluding steroid dienone is 2. The van der Waals surface area contributed by atoms with Crippen LogP contribution in [0, 0.1) is 0 Å². The van der Waals surface area contributed by atoms with Gasteiger partial charge in [-0.3, -0.25) is 0 Å². The van der Waals surface area contributed by atoms with Gasteiger partial charge >= 0.3 is 0 Å². The Morgan fingerprint density at radius 1 is 1.25 bits per heavy atom. The van der Waals surface area contributed by atoms with Gasteiger partial charge in [-0.05, 0) is 6.08 Å². The molecular formula is C4H4Cl4. The highest BCUT2D eigenvalue weighted by atomic mass is 35.5. The lowest BCUT2D eigenvalue weighted by Gasteiger charge is -1.78. The van der Waals surface area contributed by atoms with E-state index >= 15 is 0 Å². The number of rotatable bonds is 1. The molecule has 48 valence electrons. The lowest BCUT2D eigenvalue weighted by atomic mass is 10.6. The molecule has 0 amide bonds. The summed E-state index contributed by atoms with van der Waals surface area (Å²) >= 11 is 15.5. The molecule has 0 atom stereocenters. The normalized spacial score (nSPS) is 6.88. The van der Waals surface area contributed by atoms with Gasteiger partial charge in [0, 0.05) is 5.03 Å². The highest BCUT2D eigenvalue weighted by Gasteiger charge is 1.81. The molecule has 0 aromatic carbocycles. The van der Waals surface area contributed by atoms with Gasteiger partial charge in [0.05, 0.1) is 0 Å². The van der Waals surface area contributed by atoms with Crippen LogP contribution in [0.1, 0.15) is 0 Å². The Morgan fingerprint density at radius 3 is 1.62 bits per heavy atom. The fourth-order valence-electron chi connectivity index (χ4n) is 0.118. The summed E-state index contributed by atoms with van der Waals surface area (Å²) < 4.78 is 0.125. The third-order valence-electron chi connectivity index (χ3n) is 0.266. The first-order chi connectivity index (χ1) is 3.13. The van der Waals surface area contributed by atoms with E-state index in [4.69, 9.17) is 34.8 Å². The molecule has 0 N–H and O–H groups in total. The van der Waals surface area contributed by atoms with E-state index in [1.807, 2.05) is 0 Å². The monoisotopic (exact) mass is 192 g/mol. The van der Waals surface area contributed by atoms with Gasteiger partial charge in [-0.15, -0.1) is 12.4 Å². The van der Waals surface area contributed by atoms with Crippen LogP contribution in [0.15, 0.2) is 22.2 Å². The first-order valence-electron chi connectivity index (χ1n) is 1.50. The second kappa shape index (κ2) is 5.77. The van der Waals surface area contributed by atoms with Crippen molar-refractivity contribution in [2.75, 3.05) is 0 Å². The molecule has 0 aliphatic heterocycles. The van der Waals surface area contributed by atoms with Gasteiger partial charge in [-0.25, -0.2) is 0 Å². The standard InChI is InChI=1S/C4H3Cl3.ClH/c1-3(5)2-4(6)7;/h2H,1H2;1H. The molecule has 0 unspecified atom stereocenters. The molecule has 0 nitrogen and oxygen atoms in total. The van der Waals surface area contributed by atoms with Crippen LogP contribution in [0.3, 0.4) is 0 Å². The average Bonchev–Trinajstić information content (AvgIpc) is 1.27. The largest absolute Gasteiger partial charge is 0.147 e. The third kappa shape index (κ3) is 9.81. The quantitative estimate of drug-likeness (QED) is 0.560. The fourth-order valence-corrected chi connectivity index (χ4v) is 0.603. The van der Waals surface area contributed by atoms with Crippen LogP contribution in [0.4, 0.5) is 0 Å². The Hall–Kier alpha value is 0.640. The van der Waals surface area contributed by atoms with Crippen LogP contribution >= 0.6 is 47.2 Å². The van der Waals surface area contributed by atoms with E-state index in [-0.39, 0.29) is 16.9 Å². The van der Waals surface area contributed by atoms with Crippen molar-refractivity contribution in [2.24, 2.45) is 0 Å². The fraction of sp³-hybridized carbons (Fsp3) is 0. The molecule has 0 aliphatic carbocycles. The third-order valence-corrected chi connectivity index (χ3v) is 0.593. The lowest BCUT2D eigenvalue weighted by molar-refractivity contribution is 1.98. The van der Waals surface area contributed by atoms with Crippen LogP contribution in [-0.2, 0) is 0 Å². The van der Waals surface area contributed by atoms with Crippen molar-refractivity contribution in [1.29, 1.82) is 0 Å². The van der Waals surface area contributed by atoms with Crippen LogP contribution in [0.25, 0.3) is 0 Å². The number of hydrogen-bond donors (Lipinski definition) is 0. The molecule has 0 aromatic heterocycles. The van der Waals surface area contributed by atoms with Gasteiger partial charge in [-0.2, -0.15) is 0 Å². The molecule has 0 saturated heterocycles. The maximum absolute atomic E-state index is 5.23. The van der Waals surface area contributed by atoms with E-state index in [2.05, 4.69) is 6.58 Å². The Bertz CT molecular complexity index is 101. The maximum atomic E-state index is 5.23. The van der Waals surface area contributed by atoms with Gasteiger partial charge in [0.1, 0.15) is 4.49 Å². The molecule has 8 heavy (non-hydrogen) atoms. The molecule has 0 aromatic rings. The van der Waals surface area contributed by atoms with Gasteiger partial charge in [0.2, 0.25) is 0 Å². The zero-order valence-electron chi connectivity index (χ0n) is 3.83. The zero-order valence-corrected chi connectivity index (χ0v) is 6.91. The first-order valence-corrected chi connectivity index (χ1v) is 2.63. The van der Waals surface area contributed by atoms with Crippen molar-refractivity contribution >= 4 is 47.2 Å². The van der Waals surface area contributed by atoms with Crippen molar-refractivity contribution < 1.29 is 0 Å². The molecule has 0 bridgehead atoms. The van der Waals surface area contributed by atoms with Crippen LogP contribution < -0.4 is 0 Å². The second-order valence-corrected chi connectivity index (χ2v) is 2.37. The van der Waals surface area contributed by atoms with E-state index in [0.29, 0.717) is 5.03 Å². The van der Waals surface area contributed by atoms with Gasteiger partial charge in [0.15, 0.2) is 0 Å². The predicted octanol–water partition coefficient (Wildman–Crippen LogP) is 3.48. The van der Waals surface area contributed by atoms with E-state index < -0.39 is 0 Å². The minimum absolute atomic E-state index is 0. The summed E-state index contributed by atoms with van der Waals surface area (Å²) in [5.41, 5.74) is 0. The minimum atomic E-state index is 0. The van der Waals surface area contributed by atoms with Crippen molar-refractivity contribution in [3.05, 3.63) is 22.2 Å². The summed E-state index contributed by atoms with van der Waals surface area (Å²) in [6.07, 6.45) is 1.35. The summed E-state index contributed by atoms with van der Waals surface area (Å²) in [5.74, 6) is 0. The summed E-state index contributed by atoms with van der Waals surface area (Å²) in [5, 5.41) is 0.333. The average molecular weight is 194 g/mol. The molecule has 0 spiro atoms. The number of halogens is 4. The van der Waals surface area contributed by atoms with Crippen molar-refractivity contribution in [2.45, 2.75) is 0 Å². The molecule has 0 saturated carbocycles. The second-order valence-electron chi connectivity index (χ2n) is 0.881. The molecule has 0 radical (unpaired) electrons. The Kier molecular flexibility index (Phi) is 8.25. The van der Waals surface area contributed by atoms with E-state index in [0.717, 1.165) is 0 Å².